The van der Waals surface area contributed by atoms with Gasteiger partial charge < -0.3 is 20.0 Å². The predicted octanol–water partition coefficient (Wildman–Crippen LogP) is 1.72. The fraction of sp³-hybridized carbons (Fsp3) is 0.292. The Balaban J connectivity index is 1.35. The molecule has 3 aromatic rings. The number of hydrogen-bond acceptors (Lipinski definition) is 6. The highest BCUT2D eigenvalue weighted by molar-refractivity contribution is 6.08. The second-order valence-electron chi connectivity index (χ2n) is 9.10. The molecule has 1 aliphatic carbocycles. The number of hydrogen-bond donors (Lipinski definition) is 3. The Bertz CT molecular complexity index is 1410. The number of aryl methyl sites for hydroxylation is 1. The molecule has 5 amide bonds. The monoisotopic (exact) mass is 459 g/mol. The zero-order valence-electron chi connectivity index (χ0n) is 18.3. The third kappa shape index (κ3) is 3.21. The lowest BCUT2D eigenvalue weighted by atomic mass is 9.95. The van der Waals surface area contributed by atoms with Gasteiger partial charge in [0.05, 0.1) is 12.1 Å². The van der Waals surface area contributed by atoms with Crippen LogP contribution in [0.5, 0.6) is 0 Å². The van der Waals surface area contributed by atoms with Crippen molar-refractivity contribution in [2.45, 2.75) is 37.9 Å². The summed E-state index contributed by atoms with van der Waals surface area (Å²) in [5, 5.41) is 7.81. The molecule has 10 nitrogen and oxygen atoms in total. The van der Waals surface area contributed by atoms with Gasteiger partial charge in [0.15, 0.2) is 11.1 Å². The van der Waals surface area contributed by atoms with Gasteiger partial charge in [-0.1, -0.05) is 17.7 Å². The smallest absolute Gasteiger partial charge is 0.322 e. The molecule has 1 atom stereocenters. The number of furan rings is 1. The summed E-state index contributed by atoms with van der Waals surface area (Å²) in [7, 11) is 0. The SMILES string of the molecule is Cc1ccc2c(c1)C(=O)N(C[C@@]1(c3cc4ncc(C(=O)NC5CC5)cc4o3)NC(=O)NC1=O)C2. The van der Waals surface area contributed by atoms with E-state index >= 15 is 0 Å². The second kappa shape index (κ2) is 7.14. The van der Waals surface area contributed by atoms with E-state index < -0.39 is 17.5 Å². The van der Waals surface area contributed by atoms with Crippen LogP contribution in [0, 0.1) is 6.92 Å². The van der Waals surface area contributed by atoms with Crippen molar-refractivity contribution in [3.8, 4) is 0 Å². The van der Waals surface area contributed by atoms with E-state index in [1.165, 1.54) is 11.1 Å². The Morgan fingerprint density at radius 1 is 1.24 bits per heavy atom. The van der Waals surface area contributed by atoms with Crippen LogP contribution in [-0.2, 0) is 16.9 Å². The summed E-state index contributed by atoms with van der Waals surface area (Å²) in [6, 6.07) is 8.27. The molecule has 0 bridgehead atoms. The van der Waals surface area contributed by atoms with Crippen molar-refractivity contribution in [2.24, 2.45) is 0 Å². The van der Waals surface area contributed by atoms with Crippen LogP contribution in [0.15, 0.2) is 40.9 Å². The fourth-order valence-corrected chi connectivity index (χ4v) is 4.49. The molecule has 1 saturated carbocycles. The highest BCUT2D eigenvalue weighted by Crippen LogP contribution is 2.34. The molecular formula is C24H21N5O5. The summed E-state index contributed by atoms with van der Waals surface area (Å²) in [5.41, 5.74) is 1.85. The minimum Gasteiger partial charge on any atom is -0.456 e. The maximum Gasteiger partial charge on any atom is 0.322 e. The molecule has 4 heterocycles. The van der Waals surface area contributed by atoms with E-state index in [1.807, 2.05) is 25.1 Å². The van der Waals surface area contributed by atoms with E-state index in [0.717, 1.165) is 24.0 Å². The molecule has 1 saturated heterocycles. The molecule has 0 unspecified atom stereocenters. The number of benzene rings is 1. The van der Waals surface area contributed by atoms with Crippen molar-refractivity contribution in [3.05, 3.63) is 64.5 Å². The van der Waals surface area contributed by atoms with Crippen LogP contribution < -0.4 is 16.0 Å². The van der Waals surface area contributed by atoms with Crippen LogP contribution in [0.3, 0.4) is 0 Å². The molecule has 172 valence electrons. The van der Waals surface area contributed by atoms with E-state index in [2.05, 4.69) is 20.9 Å². The number of carbonyl (C=O) groups excluding carboxylic acids is 4. The van der Waals surface area contributed by atoms with E-state index in [9.17, 15) is 19.2 Å². The number of fused-ring (bicyclic) bond motifs is 2. The predicted molar refractivity (Wildman–Crippen MR) is 119 cm³/mol. The number of pyridine rings is 1. The van der Waals surface area contributed by atoms with Gasteiger partial charge in [-0.25, -0.2) is 4.79 Å². The van der Waals surface area contributed by atoms with Crippen molar-refractivity contribution < 1.29 is 23.6 Å². The molecule has 2 fully saturated rings. The number of aromatic nitrogens is 1. The first-order valence-corrected chi connectivity index (χ1v) is 11.1. The summed E-state index contributed by atoms with van der Waals surface area (Å²) in [4.78, 5) is 56.5. The molecule has 0 spiro atoms. The zero-order chi connectivity index (χ0) is 23.6. The quantitative estimate of drug-likeness (QED) is 0.498. The summed E-state index contributed by atoms with van der Waals surface area (Å²) < 4.78 is 5.97. The van der Waals surface area contributed by atoms with Crippen LogP contribution in [0.1, 0.15) is 50.4 Å². The Morgan fingerprint density at radius 3 is 2.79 bits per heavy atom. The molecule has 1 aromatic carbocycles. The Kier molecular flexibility index (Phi) is 4.29. The van der Waals surface area contributed by atoms with Gasteiger partial charge in [0.25, 0.3) is 17.7 Å². The van der Waals surface area contributed by atoms with Gasteiger partial charge in [-0.3, -0.25) is 24.7 Å². The van der Waals surface area contributed by atoms with Crippen LogP contribution >= 0.6 is 0 Å². The summed E-state index contributed by atoms with van der Waals surface area (Å²) in [6.07, 6.45) is 3.37. The first-order chi connectivity index (χ1) is 16.3. The molecule has 2 aliphatic heterocycles. The average molecular weight is 459 g/mol. The number of carbonyl (C=O) groups is 4. The molecule has 2 aromatic heterocycles. The molecule has 3 N–H and O–H groups in total. The van der Waals surface area contributed by atoms with Crippen molar-refractivity contribution in [2.75, 3.05) is 6.54 Å². The minimum atomic E-state index is -1.62. The van der Waals surface area contributed by atoms with Gasteiger partial charge in [0, 0.05) is 30.4 Å². The van der Waals surface area contributed by atoms with E-state index in [4.69, 9.17) is 4.42 Å². The molecular weight excluding hydrogens is 438 g/mol. The molecule has 0 radical (unpaired) electrons. The van der Waals surface area contributed by atoms with Gasteiger partial charge in [0.1, 0.15) is 11.3 Å². The number of nitrogens with zero attached hydrogens (tertiary/aromatic N) is 2. The summed E-state index contributed by atoms with van der Waals surface area (Å²) in [5.74, 6) is -0.950. The third-order valence-electron chi connectivity index (χ3n) is 6.48. The maximum atomic E-state index is 13.1. The first-order valence-electron chi connectivity index (χ1n) is 11.1. The molecule has 34 heavy (non-hydrogen) atoms. The largest absolute Gasteiger partial charge is 0.456 e. The lowest BCUT2D eigenvalue weighted by molar-refractivity contribution is -0.125. The zero-order valence-corrected chi connectivity index (χ0v) is 18.3. The van der Waals surface area contributed by atoms with E-state index in [1.54, 1.807) is 12.1 Å². The van der Waals surface area contributed by atoms with Gasteiger partial charge in [-0.15, -0.1) is 0 Å². The standard InChI is InChI=1S/C24H21N5O5/c1-12-2-3-13-10-29(21(31)16(13)6-12)11-24(22(32)27-23(33)28-24)19-8-17-18(34-19)7-14(9-25-17)20(30)26-15-4-5-15/h2-3,6-9,15H,4-5,10-11H2,1H3,(H,26,30)(H2,27,28,32,33)/t24-/m0/s1. The lowest BCUT2D eigenvalue weighted by Crippen LogP contribution is -2.52. The van der Waals surface area contributed by atoms with Crippen molar-refractivity contribution in [1.82, 2.24) is 25.8 Å². The minimum absolute atomic E-state index is 0.119. The number of imide groups is 1. The van der Waals surface area contributed by atoms with Crippen LogP contribution in [0.4, 0.5) is 4.79 Å². The van der Waals surface area contributed by atoms with Crippen molar-refractivity contribution in [1.29, 1.82) is 0 Å². The number of amides is 5. The average Bonchev–Trinajstić information content (AvgIpc) is 3.31. The normalized spacial score (nSPS) is 21.6. The molecule has 10 heteroatoms. The summed E-state index contributed by atoms with van der Waals surface area (Å²) in [6.45, 7) is 2.10. The first kappa shape index (κ1) is 20.4. The molecule has 6 rings (SSSR count). The van der Waals surface area contributed by atoms with Crippen LogP contribution in [0.25, 0.3) is 11.1 Å². The highest BCUT2D eigenvalue weighted by Gasteiger charge is 2.53. The van der Waals surface area contributed by atoms with Gasteiger partial charge in [-0.2, -0.15) is 0 Å². The number of rotatable bonds is 5. The topological polar surface area (TPSA) is 134 Å². The van der Waals surface area contributed by atoms with Gasteiger partial charge in [0.2, 0.25) is 0 Å². The van der Waals surface area contributed by atoms with Gasteiger partial charge >= 0.3 is 6.03 Å². The Labute approximate surface area is 193 Å². The Morgan fingerprint density at radius 2 is 2.06 bits per heavy atom. The number of urea groups is 1. The van der Waals surface area contributed by atoms with Crippen molar-refractivity contribution >= 4 is 34.9 Å². The highest BCUT2D eigenvalue weighted by atomic mass is 16.3. The van der Waals surface area contributed by atoms with Crippen LogP contribution in [0.2, 0.25) is 0 Å². The summed E-state index contributed by atoms with van der Waals surface area (Å²) >= 11 is 0. The Hall–Kier alpha value is -4.21. The maximum absolute atomic E-state index is 13.1. The lowest BCUT2D eigenvalue weighted by Gasteiger charge is -2.28. The fourth-order valence-electron chi connectivity index (χ4n) is 4.49. The third-order valence-corrected chi connectivity index (χ3v) is 6.48. The van der Waals surface area contributed by atoms with E-state index in [0.29, 0.717) is 28.8 Å². The van der Waals surface area contributed by atoms with Crippen LogP contribution in [-0.4, -0.2) is 46.2 Å². The number of nitrogens with one attached hydrogen (secondary N) is 3. The van der Waals surface area contributed by atoms with E-state index in [-0.39, 0.29) is 30.2 Å². The van der Waals surface area contributed by atoms with Gasteiger partial charge in [-0.05, 0) is 37.5 Å². The molecule has 3 aliphatic rings. The second-order valence-corrected chi connectivity index (χ2v) is 9.10. The van der Waals surface area contributed by atoms with Crippen molar-refractivity contribution in [3.63, 3.8) is 0 Å².